The molecule has 2 aliphatic heterocycles. The average molecular weight is 282 g/mol. The Balaban J connectivity index is 1.91. The van der Waals surface area contributed by atoms with Gasteiger partial charge in [-0.05, 0) is 13.0 Å². The summed E-state index contributed by atoms with van der Waals surface area (Å²) in [6.45, 7) is 2.26. The van der Waals surface area contributed by atoms with Crippen molar-refractivity contribution in [2.45, 2.75) is 19.3 Å². The Labute approximate surface area is 115 Å². The van der Waals surface area contributed by atoms with Gasteiger partial charge in [-0.3, -0.25) is 4.79 Å². The summed E-state index contributed by atoms with van der Waals surface area (Å²) in [4.78, 5) is 17.2. The lowest BCUT2D eigenvalue weighted by molar-refractivity contribution is -0.177. The van der Waals surface area contributed by atoms with Crippen molar-refractivity contribution in [1.29, 1.82) is 0 Å². The SMILES string of the molecule is CCO[C@@H]1OC(=O)[C@H]2C(c3ccccc3Cl)=NO[C@@H]12. The standard InChI is InChI=1S/C13H12ClNO4/c1-2-17-13-11-9(12(16)18-13)10(15-19-11)7-5-3-4-6-8(7)14/h3-6,9,11,13H,2H2,1H3/t9-,11+,13+/m0/s1. The molecule has 2 aliphatic rings. The molecule has 0 aromatic heterocycles. The number of hydrogen-bond donors (Lipinski definition) is 0. The van der Waals surface area contributed by atoms with Crippen LogP contribution >= 0.6 is 11.6 Å². The Morgan fingerprint density at radius 2 is 2.21 bits per heavy atom. The monoisotopic (exact) mass is 281 g/mol. The van der Waals surface area contributed by atoms with Crippen molar-refractivity contribution in [3.63, 3.8) is 0 Å². The minimum atomic E-state index is -0.703. The van der Waals surface area contributed by atoms with Gasteiger partial charge < -0.3 is 14.3 Å². The molecule has 1 aromatic carbocycles. The van der Waals surface area contributed by atoms with Gasteiger partial charge in [0.15, 0.2) is 0 Å². The van der Waals surface area contributed by atoms with Crippen molar-refractivity contribution in [2.24, 2.45) is 11.1 Å². The van der Waals surface area contributed by atoms with Gasteiger partial charge in [-0.25, -0.2) is 0 Å². The number of ether oxygens (including phenoxy) is 2. The zero-order valence-corrected chi connectivity index (χ0v) is 11.0. The molecular weight excluding hydrogens is 270 g/mol. The third kappa shape index (κ3) is 1.99. The van der Waals surface area contributed by atoms with Gasteiger partial charge in [0.25, 0.3) is 0 Å². The molecule has 19 heavy (non-hydrogen) atoms. The highest BCUT2D eigenvalue weighted by molar-refractivity contribution is 6.35. The fourth-order valence-corrected chi connectivity index (χ4v) is 2.51. The maximum absolute atomic E-state index is 11.9. The first kappa shape index (κ1) is 12.4. The third-order valence-electron chi connectivity index (χ3n) is 3.13. The smallest absolute Gasteiger partial charge is 0.321 e. The van der Waals surface area contributed by atoms with Crippen molar-refractivity contribution in [3.05, 3.63) is 34.9 Å². The van der Waals surface area contributed by atoms with Crippen LogP contribution in [0.25, 0.3) is 0 Å². The molecule has 0 unspecified atom stereocenters. The van der Waals surface area contributed by atoms with E-state index in [4.69, 9.17) is 25.9 Å². The number of rotatable bonds is 3. The van der Waals surface area contributed by atoms with E-state index in [0.717, 1.165) is 0 Å². The third-order valence-corrected chi connectivity index (χ3v) is 3.46. The lowest BCUT2D eigenvalue weighted by atomic mass is 9.94. The summed E-state index contributed by atoms with van der Waals surface area (Å²) in [6, 6.07) is 7.19. The predicted octanol–water partition coefficient (Wildman–Crippen LogP) is 1.98. The molecule has 100 valence electrons. The largest absolute Gasteiger partial charge is 0.431 e. The van der Waals surface area contributed by atoms with Gasteiger partial charge in [-0.1, -0.05) is 35.0 Å². The first-order valence-corrected chi connectivity index (χ1v) is 6.41. The van der Waals surface area contributed by atoms with Crippen LogP contribution in [0.3, 0.4) is 0 Å². The first-order valence-electron chi connectivity index (χ1n) is 6.03. The number of cyclic esters (lactones) is 1. The van der Waals surface area contributed by atoms with E-state index in [-0.39, 0.29) is 5.97 Å². The van der Waals surface area contributed by atoms with Gasteiger partial charge in [0.1, 0.15) is 11.6 Å². The van der Waals surface area contributed by atoms with E-state index in [0.29, 0.717) is 22.9 Å². The molecule has 0 aliphatic carbocycles. The van der Waals surface area contributed by atoms with E-state index >= 15 is 0 Å². The van der Waals surface area contributed by atoms with Crippen LogP contribution in [-0.4, -0.2) is 30.7 Å². The molecule has 6 heteroatoms. The van der Waals surface area contributed by atoms with Crippen LogP contribution in [0.1, 0.15) is 12.5 Å². The molecule has 0 spiro atoms. The van der Waals surface area contributed by atoms with Crippen LogP contribution in [0, 0.1) is 5.92 Å². The van der Waals surface area contributed by atoms with E-state index in [2.05, 4.69) is 5.16 Å². The number of carbonyl (C=O) groups excluding carboxylic acids is 1. The van der Waals surface area contributed by atoms with Crippen LogP contribution in [0.5, 0.6) is 0 Å². The minimum Gasteiger partial charge on any atom is -0.431 e. The minimum absolute atomic E-state index is 0.389. The van der Waals surface area contributed by atoms with Crippen LogP contribution in [0.4, 0.5) is 0 Å². The second-order valence-electron chi connectivity index (χ2n) is 4.26. The summed E-state index contributed by atoms with van der Waals surface area (Å²) >= 11 is 6.12. The van der Waals surface area contributed by atoms with Gasteiger partial charge >= 0.3 is 5.97 Å². The Kier molecular flexibility index (Phi) is 3.16. The Morgan fingerprint density at radius 3 is 2.95 bits per heavy atom. The van der Waals surface area contributed by atoms with Crippen LogP contribution in [-0.2, 0) is 19.1 Å². The number of esters is 1. The van der Waals surface area contributed by atoms with Crippen molar-refractivity contribution in [2.75, 3.05) is 6.61 Å². The number of nitrogens with zero attached hydrogens (tertiary/aromatic N) is 1. The van der Waals surface area contributed by atoms with Crippen LogP contribution < -0.4 is 0 Å². The zero-order chi connectivity index (χ0) is 13.4. The normalized spacial score (nSPS) is 28.6. The van der Waals surface area contributed by atoms with Crippen molar-refractivity contribution >= 4 is 23.3 Å². The molecule has 1 aromatic rings. The summed E-state index contributed by atoms with van der Waals surface area (Å²) in [7, 11) is 0. The Hall–Kier alpha value is -1.59. The summed E-state index contributed by atoms with van der Waals surface area (Å²) in [5.41, 5.74) is 1.19. The molecular formula is C13H12ClNO4. The molecule has 2 heterocycles. The maximum Gasteiger partial charge on any atom is 0.321 e. The van der Waals surface area contributed by atoms with E-state index in [9.17, 15) is 4.79 Å². The van der Waals surface area contributed by atoms with Crippen LogP contribution in [0.2, 0.25) is 5.02 Å². The fraction of sp³-hybridized carbons (Fsp3) is 0.385. The highest BCUT2D eigenvalue weighted by atomic mass is 35.5. The van der Waals surface area contributed by atoms with Crippen LogP contribution in [0.15, 0.2) is 29.4 Å². The molecule has 0 bridgehead atoms. The molecule has 1 fully saturated rings. The number of carbonyl (C=O) groups is 1. The second-order valence-corrected chi connectivity index (χ2v) is 4.67. The lowest BCUT2D eigenvalue weighted by Gasteiger charge is -2.13. The summed E-state index contributed by atoms with van der Waals surface area (Å²) in [6.07, 6.45) is -1.23. The molecule has 0 saturated carbocycles. The predicted molar refractivity (Wildman–Crippen MR) is 67.9 cm³/mol. The number of hydrogen-bond acceptors (Lipinski definition) is 5. The van der Waals surface area contributed by atoms with E-state index in [1.807, 2.05) is 19.1 Å². The van der Waals surface area contributed by atoms with E-state index in [1.54, 1.807) is 12.1 Å². The molecule has 5 nitrogen and oxygen atoms in total. The Morgan fingerprint density at radius 1 is 1.42 bits per heavy atom. The molecule has 0 amide bonds. The average Bonchev–Trinajstić information content (AvgIpc) is 2.94. The van der Waals surface area contributed by atoms with Crippen molar-refractivity contribution < 1.29 is 19.1 Å². The summed E-state index contributed by atoms with van der Waals surface area (Å²) in [5, 5.41) is 4.51. The number of fused-ring (bicyclic) bond motifs is 1. The Bertz CT molecular complexity index is 545. The first-order chi connectivity index (χ1) is 9.22. The number of benzene rings is 1. The van der Waals surface area contributed by atoms with E-state index in [1.165, 1.54) is 0 Å². The molecule has 3 atom stereocenters. The number of halogens is 1. The molecule has 3 rings (SSSR count). The zero-order valence-electron chi connectivity index (χ0n) is 10.2. The maximum atomic E-state index is 11.9. The quantitative estimate of drug-likeness (QED) is 0.795. The van der Waals surface area contributed by atoms with Gasteiger partial charge in [-0.2, -0.15) is 0 Å². The number of oxime groups is 1. The van der Waals surface area contributed by atoms with Gasteiger partial charge in [-0.15, -0.1) is 0 Å². The van der Waals surface area contributed by atoms with Gasteiger partial charge in [0.05, 0.1) is 0 Å². The second kappa shape index (κ2) is 4.83. The van der Waals surface area contributed by atoms with Gasteiger partial charge in [0, 0.05) is 17.2 Å². The van der Waals surface area contributed by atoms with Gasteiger partial charge in [0.2, 0.25) is 12.4 Å². The topological polar surface area (TPSA) is 57.1 Å². The fourth-order valence-electron chi connectivity index (χ4n) is 2.28. The lowest BCUT2D eigenvalue weighted by Crippen LogP contribution is -2.30. The van der Waals surface area contributed by atoms with Crippen molar-refractivity contribution in [3.8, 4) is 0 Å². The van der Waals surface area contributed by atoms with Crippen molar-refractivity contribution in [1.82, 2.24) is 0 Å². The molecule has 0 radical (unpaired) electrons. The summed E-state index contributed by atoms with van der Waals surface area (Å²) in [5.74, 6) is -0.962. The molecule has 0 N–H and O–H groups in total. The van der Waals surface area contributed by atoms with E-state index < -0.39 is 18.3 Å². The molecule has 1 saturated heterocycles. The highest BCUT2D eigenvalue weighted by Gasteiger charge is 2.54. The highest BCUT2D eigenvalue weighted by Crippen LogP contribution is 2.35. The summed E-state index contributed by atoms with van der Waals surface area (Å²) < 4.78 is 10.5.